The quantitative estimate of drug-likeness (QED) is 0.243. The standard InChI is InChI=1S/C29H29NO4/c1-3-12-25(13-4-1)31-19-21-33-28-17-9-7-11-24(28)23-30-27-16-8-10-18-29(27)34-22-20-32-26-14-5-2-6-15-26/h1-18,30H,19-23H2. The van der Waals surface area contributed by atoms with E-state index in [0.717, 1.165) is 34.2 Å². The molecular formula is C29H29NO4. The Hall–Kier alpha value is -4.12. The Balaban J connectivity index is 1.26. The van der Waals surface area contributed by atoms with Crippen LogP contribution in [0.25, 0.3) is 0 Å². The molecule has 0 amide bonds. The van der Waals surface area contributed by atoms with Crippen LogP contribution in [0.3, 0.4) is 0 Å². The van der Waals surface area contributed by atoms with E-state index in [4.69, 9.17) is 18.9 Å². The van der Waals surface area contributed by atoms with Crippen LogP contribution in [0.1, 0.15) is 5.56 Å². The van der Waals surface area contributed by atoms with Crippen molar-refractivity contribution in [1.29, 1.82) is 0 Å². The minimum atomic E-state index is 0.453. The lowest BCUT2D eigenvalue weighted by molar-refractivity contribution is 0.216. The first-order chi connectivity index (χ1) is 16.9. The van der Waals surface area contributed by atoms with Crippen LogP contribution in [-0.2, 0) is 6.54 Å². The third-order valence-corrected chi connectivity index (χ3v) is 5.03. The van der Waals surface area contributed by atoms with E-state index in [1.807, 2.05) is 103 Å². The summed E-state index contributed by atoms with van der Waals surface area (Å²) in [4.78, 5) is 0. The Morgan fingerprint density at radius 2 is 0.912 bits per heavy atom. The van der Waals surface area contributed by atoms with Gasteiger partial charge in [-0.25, -0.2) is 0 Å². The van der Waals surface area contributed by atoms with Gasteiger partial charge < -0.3 is 24.3 Å². The first-order valence-electron chi connectivity index (χ1n) is 11.4. The molecule has 0 bridgehead atoms. The normalized spacial score (nSPS) is 10.4. The van der Waals surface area contributed by atoms with Crippen molar-refractivity contribution in [1.82, 2.24) is 0 Å². The highest BCUT2D eigenvalue weighted by Gasteiger charge is 2.07. The van der Waals surface area contributed by atoms with Gasteiger partial charge in [0.25, 0.3) is 0 Å². The summed E-state index contributed by atoms with van der Waals surface area (Å²) in [6, 6.07) is 35.4. The molecule has 4 aromatic carbocycles. The van der Waals surface area contributed by atoms with Crippen LogP contribution in [0.4, 0.5) is 5.69 Å². The molecule has 0 spiro atoms. The van der Waals surface area contributed by atoms with E-state index in [0.29, 0.717) is 33.0 Å². The Morgan fingerprint density at radius 3 is 1.56 bits per heavy atom. The summed E-state index contributed by atoms with van der Waals surface area (Å²) in [5, 5.41) is 3.47. The van der Waals surface area contributed by atoms with E-state index in [2.05, 4.69) is 11.4 Å². The van der Waals surface area contributed by atoms with Gasteiger partial charge in [0.2, 0.25) is 0 Å². The molecule has 4 aromatic rings. The topological polar surface area (TPSA) is 49.0 Å². The summed E-state index contributed by atoms with van der Waals surface area (Å²) in [7, 11) is 0. The van der Waals surface area contributed by atoms with Crippen molar-refractivity contribution in [3.8, 4) is 23.0 Å². The third kappa shape index (κ3) is 7.20. The number of hydrogen-bond acceptors (Lipinski definition) is 5. The lowest BCUT2D eigenvalue weighted by Crippen LogP contribution is -2.12. The Bertz CT molecular complexity index is 1030. The fourth-order valence-corrected chi connectivity index (χ4v) is 3.38. The van der Waals surface area contributed by atoms with Crippen molar-refractivity contribution >= 4 is 5.69 Å². The highest BCUT2D eigenvalue weighted by atomic mass is 16.5. The smallest absolute Gasteiger partial charge is 0.142 e. The zero-order chi connectivity index (χ0) is 23.3. The Morgan fingerprint density at radius 1 is 0.441 bits per heavy atom. The fourth-order valence-electron chi connectivity index (χ4n) is 3.38. The van der Waals surface area contributed by atoms with Gasteiger partial charge in [-0.1, -0.05) is 66.7 Å². The van der Waals surface area contributed by atoms with Gasteiger partial charge in [-0.3, -0.25) is 0 Å². The number of rotatable bonds is 13. The number of anilines is 1. The van der Waals surface area contributed by atoms with Crippen LogP contribution in [0.2, 0.25) is 0 Å². The number of para-hydroxylation sites is 5. The number of hydrogen-bond donors (Lipinski definition) is 1. The molecule has 0 aliphatic carbocycles. The van der Waals surface area contributed by atoms with Crippen molar-refractivity contribution in [2.75, 3.05) is 31.7 Å². The van der Waals surface area contributed by atoms with Crippen LogP contribution >= 0.6 is 0 Å². The van der Waals surface area contributed by atoms with Gasteiger partial charge in [0.05, 0.1) is 5.69 Å². The fraction of sp³-hybridized carbons (Fsp3) is 0.172. The average Bonchev–Trinajstić information content (AvgIpc) is 2.90. The summed E-state index contributed by atoms with van der Waals surface area (Å²) in [6.45, 7) is 2.48. The largest absolute Gasteiger partial charge is 0.490 e. The van der Waals surface area contributed by atoms with Crippen LogP contribution in [-0.4, -0.2) is 26.4 Å². The van der Waals surface area contributed by atoms with E-state index in [-0.39, 0.29) is 0 Å². The summed E-state index contributed by atoms with van der Waals surface area (Å²) >= 11 is 0. The molecule has 5 nitrogen and oxygen atoms in total. The predicted molar refractivity (Wildman–Crippen MR) is 135 cm³/mol. The SMILES string of the molecule is c1ccc(OCCOc2ccccc2CNc2ccccc2OCCOc2ccccc2)cc1. The molecule has 0 heterocycles. The van der Waals surface area contributed by atoms with E-state index in [9.17, 15) is 0 Å². The van der Waals surface area contributed by atoms with Crippen molar-refractivity contribution < 1.29 is 18.9 Å². The van der Waals surface area contributed by atoms with Gasteiger partial charge in [0, 0.05) is 12.1 Å². The Labute approximate surface area is 200 Å². The molecule has 0 atom stereocenters. The molecule has 1 N–H and O–H groups in total. The molecular weight excluding hydrogens is 426 g/mol. The Kier molecular flexibility index (Phi) is 8.68. The minimum Gasteiger partial charge on any atom is -0.490 e. The highest BCUT2D eigenvalue weighted by molar-refractivity contribution is 5.56. The number of nitrogens with one attached hydrogen (secondary N) is 1. The molecule has 0 radical (unpaired) electrons. The molecule has 0 unspecified atom stereocenters. The lowest BCUT2D eigenvalue weighted by Gasteiger charge is -2.16. The second kappa shape index (κ2) is 12.8. The van der Waals surface area contributed by atoms with E-state index in [1.165, 1.54) is 0 Å². The summed E-state index contributed by atoms with van der Waals surface area (Å²) in [5.41, 5.74) is 1.98. The molecule has 4 rings (SSSR count). The predicted octanol–water partition coefficient (Wildman–Crippen LogP) is 6.21. The van der Waals surface area contributed by atoms with Gasteiger partial charge >= 0.3 is 0 Å². The lowest BCUT2D eigenvalue weighted by atomic mass is 10.2. The highest BCUT2D eigenvalue weighted by Crippen LogP contribution is 2.26. The molecule has 5 heteroatoms. The van der Waals surface area contributed by atoms with E-state index >= 15 is 0 Å². The zero-order valence-electron chi connectivity index (χ0n) is 19.1. The first-order valence-corrected chi connectivity index (χ1v) is 11.4. The molecule has 0 saturated carbocycles. The maximum absolute atomic E-state index is 5.99. The average molecular weight is 456 g/mol. The molecule has 0 aliphatic rings. The van der Waals surface area contributed by atoms with Crippen molar-refractivity contribution in [3.05, 3.63) is 115 Å². The van der Waals surface area contributed by atoms with Gasteiger partial charge in [-0.2, -0.15) is 0 Å². The van der Waals surface area contributed by atoms with Crippen LogP contribution in [0, 0.1) is 0 Å². The maximum atomic E-state index is 5.99. The summed E-state index contributed by atoms with van der Waals surface area (Å²) < 4.78 is 23.4. The van der Waals surface area contributed by atoms with Crippen LogP contribution in [0.15, 0.2) is 109 Å². The zero-order valence-corrected chi connectivity index (χ0v) is 19.1. The molecule has 0 aromatic heterocycles. The first kappa shape index (κ1) is 23.1. The summed E-state index contributed by atoms with van der Waals surface area (Å²) in [5.74, 6) is 3.30. The van der Waals surface area contributed by atoms with E-state index < -0.39 is 0 Å². The number of ether oxygens (including phenoxy) is 4. The van der Waals surface area contributed by atoms with Crippen LogP contribution < -0.4 is 24.3 Å². The minimum absolute atomic E-state index is 0.453. The second-order valence-electron chi connectivity index (χ2n) is 7.48. The van der Waals surface area contributed by atoms with Crippen molar-refractivity contribution in [3.63, 3.8) is 0 Å². The monoisotopic (exact) mass is 455 g/mol. The number of benzene rings is 4. The molecule has 174 valence electrons. The second-order valence-corrected chi connectivity index (χ2v) is 7.48. The molecule has 0 fully saturated rings. The van der Waals surface area contributed by atoms with Crippen molar-refractivity contribution in [2.24, 2.45) is 0 Å². The molecule has 0 aliphatic heterocycles. The van der Waals surface area contributed by atoms with Gasteiger partial charge in [-0.05, 0) is 42.5 Å². The van der Waals surface area contributed by atoms with Crippen LogP contribution in [0.5, 0.6) is 23.0 Å². The molecule has 0 saturated heterocycles. The van der Waals surface area contributed by atoms with Crippen molar-refractivity contribution in [2.45, 2.75) is 6.54 Å². The third-order valence-electron chi connectivity index (χ3n) is 5.03. The van der Waals surface area contributed by atoms with Gasteiger partial charge in [0.15, 0.2) is 0 Å². The molecule has 34 heavy (non-hydrogen) atoms. The van der Waals surface area contributed by atoms with E-state index in [1.54, 1.807) is 0 Å². The summed E-state index contributed by atoms with van der Waals surface area (Å²) in [6.07, 6.45) is 0. The van der Waals surface area contributed by atoms with Gasteiger partial charge in [-0.15, -0.1) is 0 Å². The van der Waals surface area contributed by atoms with Gasteiger partial charge in [0.1, 0.15) is 49.4 Å². The maximum Gasteiger partial charge on any atom is 0.142 e.